The molecule has 0 bridgehead atoms. The van der Waals surface area contributed by atoms with Gasteiger partial charge in [-0.05, 0) is 37.8 Å². The van der Waals surface area contributed by atoms with E-state index in [1.807, 2.05) is 0 Å². The van der Waals surface area contributed by atoms with Crippen LogP contribution in [0.25, 0.3) is 0 Å². The highest BCUT2D eigenvalue weighted by Gasteiger charge is 2.41. The first-order valence-corrected chi connectivity index (χ1v) is 8.45. The van der Waals surface area contributed by atoms with E-state index in [9.17, 15) is 9.90 Å². The number of anilines is 1. The molecule has 0 unspecified atom stereocenters. The number of carbonyl (C=O) groups excluding carboxylic acids is 1. The highest BCUT2D eigenvalue weighted by Crippen LogP contribution is 2.36. The molecule has 2 saturated heterocycles. The topological polar surface area (TPSA) is 90.0 Å². The summed E-state index contributed by atoms with van der Waals surface area (Å²) < 4.78 is -0.182. The van der Waals surface area contributed by atoms with E-state index >= 15 is 0 Å². The predicted molar refractivity (Wildman–Crippen MR) is 86.8 cm³/mol. The molecule has 1 amide bonds. The van der Waals surface area contributed by atoms with E-state index in [2.05, 4.69) is 20.6 Å². The van der Waals surface area contributed by atoms with Crippen molar-refractivity contribution in [3.63, 3.8) is 0 Å². The molecule has 2 N–H and O–H groups in total. The fourth-order valence-electron chi connectivity index (χ4n) is 4.04. The van der Waals surface area contributed by atoms with Crippen molar-refractivity contribution < 1.29 is 9.90 Å². The molecule has 7 heteroatoms. The van der Waals surface area contributed by atoms with Crippen molar-refractivity contribution in [3.05, 3.63) is 12.4 Å². The monoisotopic (exact) mass is 319 g/mol. The Labute approximate surface area is 136 Å². The van der Waals surface area contributed by atoms with Gasteiger partial charge < -0.3 is 20.5 Å². The molecule has 1 aromatic rings. The Morgan fingerprint density at radius 1 is 1.22 bits per heavy atom. The average Bonchev–Trinajstić information content (AvgIpc) is 2.62. The minimum absolute atomic E-state index is 0.182. The molecule has 0 aliphatic carbocycles. The van der Waals surface area contributed by atoms with Crippen molar-refractivity contribution in [2.45, 2.75) is 25.7 Å². The van der Waals surface area contributed by atoms with Gasteiger partial charge in [0.15, 0.2) is 0 Å². The lowest BCUT2D eigenvalue weighted by molar-refractivity contribution is -0.265. The smallest absolute Gasteiger partial charge is 0.264 e. The van der Waals surface area contributed by atoms with Gasteiger partial charge in [-0.3, -0.25) is 0 Å². The number of carbonyl (C=O) groups is 1. The minimum atomic E-state index is -1.06. The van der Waals surface area contributed by atoms with Gasteiger partial charge in [-0.2, -0.15) is 4.98 Å². The summed E-state index contributed by atoms with van der Waals surface area (Å²) in [6, 6.07) is 1.72. The molecule has 0 spiro atoms. The van der Waals surface area contributed by atoms with E-state index in [0.717, 1.165) is 31.8 Å². The summed E-state index contributed by atoms with van der Waals surface area (Å²) >= 11 is 0. The zero-order valence-electron chi connectivity index (χ0n) is 13.6. The van der Waals surface area contributed by atoms with Crippen molar-refractivity contribution in [1.29, 1.82) is 0 Å². The molecule has 2 aliphatic heterocycles. The van der Waals surface area contributed by atoms with Gasteiger partial charge in [-0.1, -0.05) is 0 Å². The van der Waals surface area contributed by atoms with E-state index in [1.165, 1.54) is 19.2 Å². The number of likely N-dealkylation sites (tertiary alicyclic amines) is 1. The second-order valence-corrected chi connectivity index (χ2v) is 6.62. The normalized spacial score (nSPS) is 29.2. The van der Waals surface area contributed by atoms with E-state index < -0.39 is 6.09 Å². The summed E-state index contributed by atoms with van der Waals surface area (Å²) in [5.41, 5.74) is 0. The third kappa shape index (κ3) is 3.16. The van der Waals surface area contributed by atoms with Crippen molar-refractivity contribution in [2.75, 3.05) is 38.5 Å². The Morgan fingerprint density at radius 3 is 2.48 bits per heavy atom. The quantitative estimate of drug-likeness (QED) is 0.792. The molecule has 7 nitrogen and oxygen atoms in total. The third-order valence-electron chi connectivity index (χ3n) is 5.51. The summed E-state index contributed by atoms with van der Waals surface area (Å²) in [6.45, 7) is 3.27. The zero-order chi connectivity index (χ0) is 16.3. The molecule has 126 valence electrons. The standard InChI is InChI=1S/C16H25N5O2/c1-17-14-10-15(20-11-19-14)21(16(22)23)8-4-13(5-9-21)12-2-6-18-7-3-12/h10-13,18H,2-9H2,1H3,(H-,17,19,20,22,23). The first-order chi connectivity index (χ1) is 11.2. The molecule has 1 aromatic heterocycles. The highest BCUT2D eigenvalue weighted by molar-refractivity contribution is 5.78. The molecule has 23 heavy (non-hydrogen) atoms. The maximum absolute atomic E-state index is 11.9. The van der Waals surface area contributed by atoms with Crippen LogP contribution in [0.5, 0.6) is 0 Å². The van der Waals surface area contributed by atoms with Crippen LogP contribution in [-0.4, -0.2) is 49.3 Å². The van der Waals surface area contributed by atoms with Gasteiger partial charge in [0, 0.05) is 19.9 Å². The van der Waals surface area contributed by atoms with Crippen LogP contribution in [0.1, 0.15) is 25.7 Å². The van der Waals surface area contributed by atoms with Gasteiger partial charge in [0.1, 0.15) is 12.1 Å². The number of aromatic nitrogens is 2. The Balaban J connectivity index is 1.77. The molecule has 3 rings (SSSR count). The number of piperidine rings is 2. The Hall–Kier alpha value is -1.73. The molecular formula is C16H25N5O2. The van der Waals surface area contributed by atoms with E-state index in [1.54, 1.807) is 13.1 Å². The molecular weight excluding hydrogens is 294 g/mol. The van der Waals surface area contributed by atoms with Crippen LogP contribution in [0.2, 0.25) is 0 Å². The van der Waals surface area contributed by atoms with Crippen molar-refractivity contribution in [1.82, 2.24) is 19.8 Å². The maximum Gasteiger partial charge on any atom is 0.264 e. The number of nitrogens with zero attached hydrogens (tertiary/aromatic N) is 3. The number of hydrogen-bond acceptors (Lipinski definition) is 6. The SMILES string of the molecule is CNc1cc([N+]2(C(=O)[O-])CCC(C3CCNCC3)CC2)ncn1. The number of rotatable bonds is 3. The minimum Gasteiger partial charge on any atom is -0.498 e. The van der Waals surface area contributed by atoms with Gasteiger partial charge in [0.25, 0.3) is 6.09 Å². The average molecular weight is 319 g/mol. The van der Waals surface area contributed by atoms with Crippen molar-refractivity contribution in [3.8, 4) is 0 Å². The van der Waals surface area contributed by atoms with Crippen LogP contribution < -0.4 is 20.2 Å². The maximum atomic E-state index is 11.9. The molecule has 0 saturated carbocycles. The number of hydrogen-bond donors (Lipinski definition) is 2. The fourth-order valence-corrected chi connectivity index (χ4v) is 4.04. The highest BCUT2D eigenvalue weighted by atomic mass is 16.4. The van der Waals surface area contributed by atoms with Crippen LogP contribution in [0.3, 0.4) is 0 Å². The lowest BCUT2D eigenvalue weighted by Crippen LogP contribution is -2.64. The zero-order valence-corrected chi connectivity index (χ0v) is 13.6. The van der Waals surface area contributed by atoms with Gasteiger partial charge in [-0.25, -0.2) is 9.47 Å². The Morgan fingerprint density at radius 2 is 1.87 bits per heavy atom. The first-order valence-electron chi connectivity index (χ1n) is 8.45. The van der Waals surface area contributed by atoms with Crippen molar-refractivity contribution >= 4 is 17.7 Å². The Kier molecular flexibility index (Phi) is 4.77. The number of quaternary nitrogens is 1. The second-order valence-electron chi connectivity index (χ2n) is 6.62. The molecule has 3 heterocycles. The van der Waals surface area contributed by atoms with Crippen LogP contribution in [0, 0.1) is 11.8 Å². The van der Waals surface area contributed by atoms with Gasteiger partial charge in [0.2, 0.25) is 5.82 Å². The lowest BCUT2D eigenvalue weighted by Gasteiger charge is -2.43. The van der Waals surface area contributed by atoms with Gasteiger partial charge in [-0.15, -0.1) is 0 Å². The molecule has 0 atom stereocenters. The van der Waals surface area contributed by atoms with Crippen LogP contribution in [0.4, 0.5) is 16.4 Å². The van der Waals surface area contributed by atoms with E-state index in [-0.39, 0.29) is 4.48 Å². The summed E-state index contributed by atoms with van der Waals surface area (Å²) in [4.78, 5) is 20.2. The summed E-state index contributed by atoms with van der Waals surface area (Å²) in [6.07, 6.45) is 4.59. The van der Waals surface area contributed by atoms with Crippen LogP contribution >= 0.6 is 0 Å². The molecule has 2 aliphatic rings. The Bertz CT molecular complexity index is 551. The lowest BCUT2D eigenvalue weighted by atomic mass is 9.78. The molecule has 0 radical (unpaired) electrons. The molecule has 2 fully saturated rings. The summed E-state index contributed by atoms with van der Waals surface area (Å²) in [5.74, 6) is 2.49. The number of amides is 1. The van der Waals surface area contributed by atoms with Gasteiger partial charge >= 0.3 is 0 Å². The third-order valence-corrected chi connectivity index (χ3v) is 5.51. The van der Waals surface area contributed by atoms with E-state index in [4.69, 9.17) is 0 Å². The van der Waals surface area contributed by atoms with Crippen LogP contribution in [-0.2, 0) is 0 Å². The largest absolute Gasteiger partial charge is 0.498 e. The number of carboxylic acid groups (broad SMARTS) is 1. The van der Waals surface area contributed by atoms with Crippen LogP contribution in [0.15, 0.2) is 12.4 Å². The number of nitrogens with one attached hydrogen (secondary N) is 2. The second kappa shape index (κ2) is 6.80. The van der Waals surface area contributed by atoms with Gasteiger partial charge in [0.05, 0.1) is 19.2 Å². The summed E-state index contributed by atoms with van der Waals surface area (Å²) in [7, 11) is 1.76. The van der Waals surface area contributed by atoms with Crippen molar-refractivity contribution in [2.24, 2.45) is 11.8 Å². The fraction of sp³-hybridized carbons (Fsp3) is 0.688. The predicted octanol–water partition coefficient (Wildman–Crippen LogP) is 0.579. The summed E-state index contributed by atoms with van der Waals surface area (Å²) in [5, 5.41) is 18.3. The molecule has 0 aromatic carbocycles. The van der Waals surface area contributed by atoms with E-state index in [0.29, 0.717) is 30.6 Å². The first kappa shape index (κ1) is 16.1.